The predicted molar refractivity (Wildman–Crippen MR) is 155 cm³/mol. The topological polar surface area (TPSA) is 134 Å². The number of phenolic OH excluding ortho intramolecular Hbond substituents is 1. The van der Waals surface area contributed by atoms with E-state index in [0.717, 1.165) is 5.56 Å². The Morgan fingerprint density at radius 2 is 1.54 bits per heavy atom. The van der Waals surface area contributed by atoms with E-state index >= 15 is 0 Å². The quantitative estimate of drug-likeness (QED) is 0.344. The lowest BCUT2D eigenvalue weighted by atomic mass is 10.0. The van der Waals surface area contributed by atoms with Gasteiger partial charge >= 0.3 is 12.1 Å². The molecule has 3 amide bonds. The highest BCUT2D eigenvalue weighted by molar-refractivity contribution is 5.93. The van der Waals surface area contributed by atoms with Crippen LogP contribution in [0, 0.1) is 0 Å². The van der Waals surface area contributed by atoms with E-state index in [9.17, 15) is 24.3 Å². The lowest BCUT2D eigenvalue weighted by Crippen LogP contribution is -2.52. The van der Waals surface area contributed by atoms with E-state index in [1.165, 1.54) is 17.0 Å². The van der Waals surface area contributed by atoms with Crippen molar-refractivity contribution in [2.45, 2.75) is 84.6 Å². The molecule has 0 saturated heterocycles. The summed E-state index contributed by atoms with van der Waals surface area (Å²) in [7, 11) is 0. The van der Waals surface area contributed by atoms with Crippen molar-refractivity contribution in [2.75, 3.05) is 13.1 Å². The molecule has 2 aromatic carbocycles. The van der Waals surface area contributed by atoms with Gasteiger partial charge in [0, 0.05) is 13.0 Å². The van der Waals surface area contributed by atoms with Gasteiger partial charge in [-0.1, -0.05) is 49.4 Å². The van der Waals surface area contributed by atoms with E-state index in [2.05, 4.69) is 10.6 Å². The SMILES string of the molecule is CCCN(C(=O)CNC(=O)OC(C)(C)C)C(C(=O)NC(Cc1ccccc1)C(=O)OC(C)(C)C)c1cccc(O)c1. The van der Waals surface area contributed by atoms with Crippen LogP contribution in [0.15, 0.2) is 54.6 Å². The van der Waals surface area contributed by atoms with Crippen molar-refractivity contribution in [1.82, 2.24) is 15.5 Å². The van der Waals surface area contributed by atoms with Gasteiger partial charge in [-0.15, -0.1) is 0 Å². The van der Waals surface area contributed by atoms with E-state index in [-0.39, 0.29) is 18.7 Å². The number of benzene rings is 2. The van der Waals surface area contributed by atoms with Crippen molar-refractivity contribution < 1.29 is 33.8 Å². The molecule has 224 valence electrons. The van der Waals surface area contributed by atoms with Crippen LogP contribution in [0.4, 0.5) is 4.79 Å². The summed E-state index contributed by atoms with van der Waals surface area (Å²) in [5.74, 6) is -1.90. The molecule has 0 aromatic heterocycles. The smallest absolute Gasteiger partial charge is 0.408 e. The van der Waals surface area contributed by atoms with Gasteiger partial charge < -0.3 is 30.1 Å². The number of rotatable bonds is 11. The fraction of sp³-hybridized carbons (Fsp3) is 0.484. The van der Waals surface area contributed by atoms with E-state index in [4.69, 9.17) is 9.47 Å². The number of nitrogens with one attached hydrogen (secondary N) is 2. The van der Waals surface area contributed by atoms with Gasteiger partial charge in [-0.3, -0.25) is 9.59 Å². The standard InChI is InChI=1S/C31H43N3O7/c1-8-17-34(25(36)20-32-29(39)41-31(5,6)7)26(22-15-12-16-23(35)19-22)27(37)33-24(28(38)40-30(2,3)4)18-21-13-10-9-11-14-21/h9-16,19,24,26,35H,8,17-18,20H2,1-7H3,(H,32,39)(H,33,37). The molecule has 2 atom stereocenters. The number of amides is 3. The Hall–Kier alpha value is -4.08. The first kappa shape index (κ1) is 33.1. The molecule has 0 aliphatic rings. The zero-order valence-electron chi connectivity index (χ0n) is 25.0. The van der Waals surface area contributed by atoms with E-state index in [0.29, 0.717) is 12.0 Å². The average Bonchev–Trinajstić information content (AvgIpc) is 2.85. The highest BCUT2D eigenvalue weighted by Gasteiger charge is 2.35. The van der Waals surface area contributed by atoms with Crippen LogP contribution in [0.5, 0.6) is 5.75 Å². The number of carbonyl (C=O) groups excluding carboxylic acids is 4. The Balaban J connectivity index is 2.42. The maximum Gasteiger partial charge on any atom is 0.408 e. The molecular weight excluding hydrogens is 526 g/mol. The summed E-state index contributed by atoms with van der Waals surface area (Å²) in [5, 5.41) is 15.4. The second-order valence-corrected chi connectivity index (χ2v) is 11.7. The number of phenols is 1. The molecule has 10 heteroatoms. The lowest BCUT2D eigenvalue weighted by molar-refractivity contribution is -0.159. The Kier molecular flexibility index (Phi) is 11.7. The van der Waals surface area contributed by atoms with Gasteiger partial charge in [-0.2, -0.15) is 0 Å². The first-order valence-corrected chi connectivity index (χ1v) is 13.7. The minimum Gasteiger partial charge on any atom is -0.508 e. The summed E-state index contributed by atoms with van der Waals surface area (Å²) < 4.78 is 10.8. The Labute approximate surface area is 242 Å². The van der Waals surface area contributed by atoms with E-state index < -0.39 is 53.7 Å². The van der Waals surface area contributed by atoms with E-state index in [1.807, 2.05) is 37.3 Å². The summed E-state index contributed by atoms with van der Waals surface area (Å²) >= 11 is 0. The molecule has 2 rings (SSSR count). The van der Waals surface area contributed by atoms with Crippen LogP contribution in [-0.4, -0.2) is 64.2 Å². The summed E-state index contributed by atoms with van der Waals surface area (Å²) in [6.07, 6.45) is -0.107. The highest BCUT2D eigenvalue weighted by atomic mass is 16.6. The molecule has 2 aromatic rings. The number of esters is 1. The third-order valence-electron chi connectivity index (χ3n) is 5.60. The molecule has 2 unspecified atom stereocenters. The van der Waals surface area contributed by atoms with Crippen molar-refractivity contribution in [3.63, 3.8) is 0 Å². The number of hydrogen-bond donors (Lipinski definition) is 3. The molecule has 3 N–H and O–H groups in total. The summed E-state index contributed by atoms with van der Waals surface area (Å²) in [4.78, 5) is 54.1. The Morgan fingerprint density at radius 3 is 2.10 bits per heavy atom. The Morgan fingerprint density at radius 1 is 0.902 bits per heavy atom. The van der Waals surface area contributed by atoms with Crippen LogP contribution >= 0.6 is 0 Å². The summed E-state index contributed by atoms with van der Waals surface area (Å²) in [6, 6.07) is 12.9. The molecule has 0 aliphatic carbocycles. The summed E-state index contributed by atoms with van der Waals surface area (Å²) in [5.41, 5.74) is -0.404. The number of aromatic hydroxyl groups is 1. The third-order valence-corrected chi connectivity index (χ3v) is 5.60. The van der Waals surface area contributed by atoms with Crippen LogP contribution in [0.2, 0.25) is 0 Å². The van der Waals surface area contributed by atoms with Crippen molar-refractivity contribution >= 4 is 23.9 Å². The van der Waals surface area contributed by atoms with E-state index in [1.54, 1.807) is 53.7 Å². The van der Waals surface area contributed by atoms with Crippen molar-refractivity contribution in [1.29, 1.82) is 0 Å². The molecule has 0 bridgehead atoms. The number of hydrogen-bond acceptors (Lipinski definition) is 7. The monoisotopic (exact) mass is 569 g/mol. The van der Waals surface area contributed by atoms with Gasteiger partial charge in [0.15, 0.2) is 0 Å². The predicted octanol–water partition coefficient (Wildman–Crippen LogP) is 4.27. The molecule has 10 nitrogen and oxygen atoms in total. The third kappa shape index (κ3) is 11.5. The minimum absolute atomic E-state index is 0.0935. The average molecular weight is 570 g/mol. The van der Waals surface area contributed by atoms with Crippen molar-refractivity contribution in [3.05, 3.63) is 65.7 Å². The number of carbonyl (C=O) groups is 4. The Bertz CT molecular complexity index is 1190. The van der Waals surface area contributed by atoms with Crippen molar-refractivity contribution in [3.8, 4) is 5.75 Å². The van der Waals surface area contributed by atoms with Crippen LogP contribution in [-0.2, 0) is 30.3 Å². The first-order chi connectivity index (χ1) is 19.1. The van der Waals surface area contributed by atoms with Crippen LogP contribution in [0.1, 0.15) is 72.1 Å². The number of nitrogens with zero attached hydrogens (tertiary/aromatic N) is 1. The zero-order chi connectivity index (χ0) is 30.8. The van der Waals surface area contributed by atoms with Gasteiger partial charge in [-0.25, -0.2) is 9.59 Å². The fourth-order valence-corrected chi connectivity index (χ4v) is 4.04. The van der Waals surface area contributed by atoms with Crippen LogP contribution in [0.25, 0.3) is 0 Å². The summed E-state index contributed by atoms with van der Waals surface area (Å²) in [6.45, 7) is 11.9. The molecule has 0 aliphatic heterocycles. The molecular formula is C31H43N3O7. The lowest BCUT2D eigenvalue weighted by Gasteiger charge is -2.33. The van der Waals surface area contributed by atoms with Gasteiger partial charge in [0.05, 0.1) is 0 Å². The maximum absolute atomic E-state index is 14.0. The first-order valence-electron chi connectivity index (χ1n) is 13.7. The van der Waals surface area contributed by atoms with Gasteiger partial charge in [0.2, 0.25) is 11.8 Å². The largest absolute Gasteiger partial charge is 0.508 e. The molecule has 0 fully saturated rings. The van der Waals surface area contributed by atoms with Crippen molar-refractivity contribution in [2.24, 2.45) is 0 Å². The second-order valence-electron chi connectivity index (χ2n) is 11.7. The van der Waals surface area contributed by atoms with Crippen LogP contribution < -0.4 is 10.6 Å². The second kappa shape index (κ2) is 14.5. The zero-order valence-corrected chi connectivity index (χ0v) is 25.0. The molecule has 0 heterocycles. The van der Waals surface area contributed by atoms with Gasteiger partial charge in [0.1, 0.15) is 35.6 Å². The van der Waals surface area contributed by atoms with Gasteiger partial charge in [0.25, 0.3) is 0 Å². The number of ether oxygens (including phenoxy) is 2. The minimum atomic E-state index is -1.21. The van der Waals surface area contributed by atoms with Crippen LogP contribution in [0.3, 0.4) is 0 Å². The highest BCUT2D eigenvalue weighted by Crippen LogP contribution is 2.26. The number of alkyl carbamates (subject to hydrolysis) is 1. The molecule has 41 heavy (non-hydrogen) atoms. The van der Waals surface area contributed by atoms with Gasteiger partial charge in [-0.05, 0) is 71.2 Å². The normalized spacial score (nSPS) is 13.0. The molecule has 0 saturated carbocycles. The fourth-order valence-electron chi connectivity index (χ4n) is 4.04. The molecule has 0 spiro atoms. The maximum atomic E-state index is 14.0. The molecule has 0 radical (unpaired) electrons.